The van der Waals surface area contributed by atoms with Crippen LogP contribution in [0.4, 0.5) is 24.8 Å². The lowest BCUT2D eigenvalue weighted by Crippen LogP contribution is -2.50. The van der Waals surface area contributed by atoms with E-state index in [0.29, 0.717) is 17.8 Å². The summed E-state index contributed by atoms with van der Waals surface area (Å²) in [6.07, 6.45) is 1.42. The molecule has 0 spiro atoms. The molecule has 1 aromatic carbocycles. The topological polar surface area (TPSA) is 107 Å². The van der Waals surface area contributed by atoms with Crippen LogP contribution in [0.1, 0.15) is 36.7 Å². The lowest BCUT2D eigenvalue weighted by molar-refractivity contribution is -0.153. The van der Waals surface area contributed by atoms with Crippen molar-refractivity contribution in [3.8, 4) is 11.3 Å². The van der Waals surface area contributed by atoms with Gasteiger partial charge in [0.15, 0.2) is 23.3 Å². The molecule has 1 fully saturated rings. The number of aromatic amines is 1. The van der Waals surface area contributed by atoms with Gasteiger partial charge in [-0.15, -0.1) is 0 Å². The van der Waals surface area contributed by atoms with Crippen LogP contribution in [0.2, 0.25) is 5.02 Å². The van der Waals surface area contributed by atoms with Gasteiger partial charge in [0.05, 0.1) is 27.4 Å². The van der Waals surface area contributed by atoms with Gasteiger partial charge in [0.2, 0.25) is 0 Å². The Balaban J connectivity index is 1.49. The number of rotatable bonds is 8. The van der Waals surface area contributed by atoms with Crippen LogP contribution in [0.25, 0.3) is 11.3 Å². The normalized spacial score (nSPS) is 19.3. The van der Waals surface area contributed by atoms with Crippen molar-refractivity contribution < 1.29 is 23.1 Å². The minimum atomic E-state index is -1.39. The number of nitrogens with zero attached hydrogens (tertiary/aromatic N) is 4. The smallest absolute Gasteiger partial charge is 0.310 e. The molecule has 1 aliphatic rings. The van der Waals surface area contributed by atoms with Gasteiger partial charge in [0.25, 0.3) is 0 Å². The van der Waals surface area contributed by atoms with E-state index in [9.17, 15) is 14.3 Å². The van der Waals surface area contributed by atoms with E-state index in [-0.39, 0.29) is 59.9 Å². The summed E-state index contributed by atoms with van der Waals surface area (Å²) >= 11 is 5.94. The Morgan fingerprint density at radius 2 is 2.00 bits per heavy atom. The number of piperidine rings is 1. The zero-order valence-electron chi connectivity index (χ0n) is 22.4. The Morgan fingerprint density at radius 3 is 2.66 bits per heavy atom. The van der Waals surface area contributed by atoms with Gasteiger partial charge >= 0.3 is 5.97 Å². The van der Waals surface area contributed by atoms with Crippen LogP contribution < -0.4 is 5.32 Å². The van der Waals surface area contributed by atoms with E-state index < -0.39 is 34.4 Å². The van der Waals surface area contributed by atoms with Crippen molar-refractivity contribution in [2.24, 2.45) is 5.41 Å². The van der Waals surface area contributed by atoms with Crippen LogP contribution in [-0.4, -0.2) is 48.7 Å². The SMILES string of the molecule is Cc1cc(Nc2nc(C[C@@]3(C(=O)O)CCN(Cc4cccc(Cl)c4F)[C@H](C)C3)c(F)c(-c3ccccn3)c2F)n[nH]1. The Morgan fingerprint density at radius 1 is 1.20 bits per heavy atom. The fraction of sp³-hybridized carbons (Fsp3) is 0.310. The lowest BCUT2D eigenvalue weighted by Gasteiger charge is -2.43. The highest BCUT2D eigenvalue weighted by Gasteiger charge is 2.46. The molecule has 3 N–H and O–H groups in total. The average Bonchev–Trinajstić information content (AvgIpc) is 3.36. The van der Waals surface area contributed by atoms with Gasteiger partial charge in [0.1, 0.15) is 5.82 Å². The van der Waals surface area contributed by atoms with Crippen LogP contribution in [0.5, 0.6) is 0 Å². The number of benzene rings is 1. The van der Waals surface area contributed by atoms with Crippen molar-refractivity contribution in [3.05, 3.63) is 88.1 Å². The third kappa shape index (κ3) is 5.77. The van der Waals surface area contributed by atoms with Crippen molar-refractivity contribution >= 4 is 29.2 Å². The first kappa shape index (κ1) is 28.6. The maximum atomic E-state index is 16.0. The van der Waals surface area contributed by atoms with Crippen molar-refractivity contribution in [1.82, 2.24) is 25.1 Å². The molecule has 0 aliphatic carbocycles. The molecular weight excluding hydrogens is 557 g/mol. The molecule has 4 heterocycles. The second-order valence-corrected chi connectivity index (χ2v) is 10.8. The maximum absolute atomic E-state index is 16.0. The molecule has 41 heavy (non-hydrogen) atoms. The number of H-pyrrole nitrogens is 1. The number of aliphatic carboxylic acids is 1. The highest BCUT2D eigenvalue weighted by atomic mass is 35.5. The van der Waals surface area contributed by atoms with Gasteiger partial charge in [-0.1, -0.05) is 29.8 Å². The largest absolute Gasteiger partial charge is 0.481 e. The number of halogens is 4. The molecule has 0 saturated carbocycles. The van der Waals surface area contributed by atoms with E-state index in [1.807, 2.05) is 11.8 Å². The van der Waals surface area contributed by atoms with E-state index in [1.165, 1.54) is 18.3 Å². The van der Waals surface area contributed by atoms with Gasteiger partial charge in [-0.05, 0) is 51.4 Å². The van der Waals surface area contributed by atoms with Crippen molar-refractivity contribution in [1.29, 1.82) is 0 Å². The molecular formula is C29H28ClF3N6O2. The molecule has 0 amide bonds. The van der Waals surface area contributed by atoms with Gasteiger partial charge in [-0.25, -0.2) is 18.2 Å². The first-order valence-corrected chi connectivity index (χ1v) is 13.4. The molecule has 12 heteroatoms. The van der Waals surface area contributed by atoms with Gasteiger partial charge in [-0.3, -0.25) is 19.8 Å². The van der Waals surface area contributed by atoms with Crippen LogP contribution >= 0.6 is 11.6 Å². The van der Waals surface area contributed by atoms with E-state index in [1.54, 1.807) is 37.3 Å². The fourth-order valence-corrected chi connectivity index (χ4v) is 5.57. The number of likely N-dealkylation sites (tertiary alicyclic amines) is 1. The van der Waals surface area contributed by atoms with E-state index in [2.05, 4.69) is 25.5 Å². The van der Waals surface area contributed by atoms with Crippen LogP contribution in [0, 0.1) is 29.8 Å². The number of hydrogen-bond donors (Lipinski definition) is 3. The van der Waals surface area contributed by atoms with Crippen LogP contribution in [-0.2, 0) is 17.8 Å². The number of hydrogen-bond acceptors (Lipinski definition) is 6. The van der Waals surface area contributed by atoms with E-state index in [0.717, 1.165) is 0 Å². The molecule has 1 saturated heterocycles. The number of carbonyl (C=O) groups is 1. The summed E-state index contributed by atoms with van der Waals surface area (Å²) in [5.74, 6) is -3.59. The summed E-state index contributed by atoms with van der Waals surface area (Å²) < 4.78 is 46.3. The standard InChI is InChI=1S/C29H28ClF3N6O2/c1-16-12-22(38-37-16)36-27-26(33)23(20-8-3-4-10-34-20)25(32)21(35-27)14-29(28(40)41)9-11-39(17(2)13-29)15-18-6-5-7-19(30)24(18)31/h3-8,10,12,17H,9,11,13-15H2,1-2H3,(H,40,41)(H2,35,36,37,38)/t17-,29-/m1/s1. The third-order valence-corrected chi connectivity index (χ3v) is 7.86. The van der Waals surface area contributed by atoms with Crippen molar-refractivity contribution in [2.45, 2.75) is 45.7 Å². The highest BCUT2D eigenvalue weighted by Crippen LogP contribution is 2.41. The molecule has 2 atom stereocenters. The molecule has 5 rings (SSSR count). The van der Waals surface area contributed by atoms with Gasteiger partial charge in [-0.2, -0.15) is 5.10 Å². The summed E-state index contributed by atoms with van der Waals surface area (Å²) in [6, 6.07) is 10.8. The predicted molar refractivity (Wildman–Crippen MR) is 148 cm³/mol. The molecule has 0 radical (unpaired) electrons. The first-order chi connectivity index (χ1) is 19.6. The first-order valence-electron chi connectivity index (χ1n) is 13.1. The molecule has 0 unspecified atom stereocenters. The molecule has 3 aromatic heterocycles. The summed E-state index contributed by atoms with van der Waals surface area (Å²) in [5, 5.41) is 20.0. The monoisotopic (exact) mass is 584 g/mol. The number of nitrogens with one attached hydrogen (secondary N) is 2. The Bertz CT molecular complexity index is 1580. The number of anilines is 2. The summed E-state index contributed by atoms with van der Waals surface area (Å²) in [7, 11) is 0. The minimum Gasteiger partial charge on any atom is -0.481 e. The minimum absolute atomic E-state index is 0.0167. The number of carboxylic acid groups (broad SMARTS) is 1. The third-order valence-electron chi connectivity index (χ3n) is 7.57. The lowest BCUT2D eigenvalue weighted by atomic mass is 9.72. The zero-order valence-corrected chi connectivity index (χ0v) is 23.1. The zero-order chi connectivity index (χ0) is 29.3. The van der Waals surface area contributed by atoms with Crippen LogP contribution in [0.3, 0.4) is 0 Å². The fourth-order valence-electron chi connectivity index (χ4n) is 5.38. The molecule has 1 aliphatic heterocycles. The van der Waals surface area contributed by atoms with Crippen LogP contribution in [0.15, 0.2) is 48.7 Å². The Labute approximate surface area is 239 Å². The average molecular weight is 585 g/mol. The Hall–Kier alpha value is -3.96. The second-order valence-electron chi connectivity index (χ2n) is 10.4. The van der Waals surface area contributed by atoms with E-state index >= 15 is 8.78 Å². The van der Waals surface area contributed by atoms with E-state index in [4.69, 9.17) is 11.6 Å². The Kier molecular flexibility index (Phi) is 8.01. The second kappa shape index (κ2) is 11.5. The molecule has 0 bridgehead atoms. The number of carboxylic acids is 1. The number of pyridine rings is 2. The van der Waals surface area contributed by atoms with Crippen molar-refractivity contribution in [2.75, 3.05) is 11.9 Å². The quantitative estimate of drug-likeness (QED) is 0.223. The molecule has 4 aromatic rings. The molecule has 8 nitrogen and oxygen atoms in total. The molecule has 214 valence electrons. The number of aryl methyl sites for hydroxylation is 1. The summed E-state index contributed by atoms with van der Waals surface area (Å²) in [4.78, 5) is 23.1. The van der Waals surface area contributed by atoms with Gasteiger partial charge < -0.3 is 10.4 Å². The maximum Gasteiger partial charge on any atom is 0.310 e. The van der Waals surface area contributed by atoms with Gasteiger partial charge in [0, 0.05) is 42.5 Å². The predicted octanol–water partition coefficient (Wildman–Crippen LogP) is 6.29. The number of aromatic nitrogens is 4. The summed E-state index contributed by atoms with van der Waals surface area (Å²) in [5.41, 5.74) is -0.844. The van der Waals surface area contributed by atoms with Crippen molar-refractivity contribution in [3.63, 3.8) is 0 Å². The highest BCUT2D eigenvalue weighted by molar-refractivity contribution is 6.30. The summed E-state index contributed by atoms with van der Waals surface area (Å²) in [6.45, 7) is 4.17.